The molecule has 2 atom stereocenters. The third-order valence-electron chi connectivity index (χ3n) is 4.00. The molecule has 21 heavy (non-hydrogen) atoms. The molecule has 0 aromatic heterocycles. The van der Waals surface area contributed by atoms with Gasteiger partial charge in [-0.15, -0.1) is 0 Å². The lowest BCUT2D eigenvalue weighted by Crippen LogP contribution is -2.45. The summed E-state index contributed by atoms with van der Waals surface area (Å²) in [5.74, 6) is 0.00740. The Morgan fingerprint density at radius 1 is 1.29 bits per heavy atom. The molecule has 1 aromatic carbocycles. The van der Waals surface area contributed by atoms with Crippen LogP contribution in [0.15, 0.2) is 12.1 Å². The van der Waals surface area contributed by atoms with E-state index >= 15 is 0 Å². The lowest BCUT2D eigenvalue weighted by atomic mass is 10.1. The van der Waals surface area contributed by atoms with Crippen LogP contribution in [0.25, 0.3) is 0 Å². The Kier molecular flexibility index (Phi) is 5.88. The minimum Gasteiger partial charge on any atom is -0.362 e. The minimum absolute atomic E-state index is 0.133. The number of halogens is 2. The molecule has 1 aliphatic heterocycles. The van der Waals surface area contributed by atoms with Gasteiger partial charge in [0, 0.05) is 30.1 Å². The van der Waals surface area contributed by atoms with Gasteiger partial charge < -0.3 is 10.2 Å². The van der Waals surface area contributed by atoms with Crippen LogP contribution in [0, 0.1) is 11.6 Å². The van der Waals surface area contributed by atoms with Crippen molar-refractivity contribution in [1.29, 1.82) is 0 Å². The van der Waals surface area contributed by atoms with E-state index in [0.29, 0.717) is 23.9 Å². The third kappa shape index (κ3) is 3.89. The summed E-state index contributed by atoms with van der Waals surface area (Å²) >= 11 is 1.86. The molecule has 1 heterocycles. The summed E-state index contributed by atoms with van der Waals surface area (Å²) in [6.45, 7) is 8.26. The SMILES string of the molecule is CCCNCc1cc(F)c(N2CCSC(C)C2C)c(F)c1. The first-order valence-corrected chi connectivity index (χ1v) is 8.66. The van der Waals surface area contributed by atoms with E-state index < -0.39 is 11.6 Å². The zero-order valence-corrected chi connectivity index (χ0v) is 13.8. The van der Waals surface area contributed by atoms with Crippen LogP contribution >= 0.6 is 11.8 Å². The van der Waals surface area contributed by atoms with Gasteiger partial charge in [-0.25, -0.2) is 8.78 Å². The molecule has 2 unspecified atom stereocenters. The van der Waals surface area contributed by atoms with Gasteiger partial charge in [-0.05, 0) is 37.6 Å². The Hall–Kier alpha value is -0.810. The number of nitrogens with zero attached hydrogens (tertiary/aromatic N) is 1. The molecule has 1 aliphatic rings. The molecule has 0 spiro atoms. The van der Waals surface area contributed by atoms with Crippen LogP contribution in [-0.4, -0.2) is 30.1 Å². The summed E-state index contributed by atoms with van der Waals surface area (Å²) in [4.78, 5) is 1.87. The first kappa shape index (κ1) is 16.6. The number of hydrogen-bond acceptors (Lipinski definition) is 3. The van der Waals surface area contributed by atoms with Crippen LogP contribution in [0.1, 0.15) is 32.8 Å². The van der Waals surface area contributed by atoms with E-state index in [2.05, 4.69) is 19.2 Å². The molecular formula is C16H24F2N2S. The largest absolute Gasteiger partial charge is 0.362 e. The van der Waals surface area contributed by atoms with Crippen molar-refractivity contribution < 1.29 is 8.78 Å². The summed E-state index contributed by atoms with van der Waals surface area (Å²) in [7, 11) is 0. The second kappa shape index (κ2) is 7.45. The molecule has 1 N–H and O–H groups in total. The van der Waals surface area contributed by atoms with Gasteiger partial charge in [0.15, 0.2) is 0 Å². The first-order chi connectivity index (χ1) is 10.0. The van der Waals surface area contributed by atoms with Crippen LogP contribution in [0.3, 0.4) is 0 Å². The molecular weight excluding hydrogens is 290 g/mol. The highest BCUT2D eigenvalue weighted by molar-refractivity contribution is 8.00. The average molecular weight is 314 g/mol. The van der Waals surface area contributed by atoms with Crippen molar-refractivity contribution in [2.75, 3.05) is 23.7 Å². The molecule has 0 saturated carbocycles. The zero-order valence-electron chi connectivity index (χ0n) is 13.0. The van der Waals surface area contributed by atoms with Crippen LogP contribution in [-0.2, 0) is 6.54 Å². The van der Waals surface area contributed by atoms with Gasteiger partial charge in [0.1, 0.15) is 17.3 Å². The van der Waals surface area contributed by atoms with Gasteiger partial charge in [-0.2, -0.15) is 11.8 Å². The van der Waals surface area contributed by atoms with Gasteiger partial charge in [0.2, 0.25) is 0 Å². The van der Waals surface area contributed by atoms with Crippen LogP contribution in [0.2, 0.25) is 0 Å². The molecule has 0 amide bonds. The Balaban J connectivity index is 2.20. The van der Waals surface area contributed by atoms with Gasteiger partial charge in [-0.3, -0.25) is 0 Å². The maximum absolute atomic E-state index is 14.4. The van der Waals surface area contributed by atoms with E-state index in [9.17, 15) is 8.78 Å². The molecule has 1 saturated heterocycles. The van der Waals surface area contributed by atoms with E-state index in [0.717, 1.165) is 18.7 Å². The molecule has 0 radical (unpaired) electrons. The van der Waals surface area contributed by atoms with Gasteiger partial charge in [0.25, 0.3) is 0 Å². The number of thioether (sulfide) groups is 1. The van der Waals surface area contributed by atoms with Crippen molar-refractivity contribution in [3.05, 3.63) is 29.3 Å². The average Bonchev–Trinajstić information content (AvgIpc) is 2.43. The molecule has 5 heteroatoms. The number of nitrogens with one attached hydrogen (secondary N) is 1. The van der Waals surface area contributed by atoms with Gasteiger partial charge >= 0.3 is 0 Å². The summed E-state index contributed by atoms with van der Waals surface area (Å²) in [5, 5.41) is 3.55. The quantitative estimate of drug-likeness (QED) is 0.832. The highest BCUT2D eigenvalue weighted by Gasteiger charge is 2.29. The van der Waals surface area contributed by atoms with Gasteiger partial charge in [0.05, 0.1) is 0 Å². The van der Waals surface area contributed by atoms with E-state index in [1.165, 1.54) is 12.1 Å². The highest BCUT2D eigenvalue weighted by atomic mass is 32.2. The summed E-state index contributed by atoms with van der Waals surface area (Å²) < 4.78 is 28.8. The van der Waals surface area contributed by atoms with Crippen LogP contribution < -0.4 is 10.2 Å². The molecule has 2 rings (SSSR count). The maximum Gasteiger partial charge on any atom is 0.149 e. The highest BCUT2D eigenvalue weighted by Crippen LogP contribution is 2.33. The minimum atomic E-state index is -0.450. The standard InChI is InChI=1S/C16H24F2N2S/c1-4-5-19-10-13-8-14(17)16(15(18)9-13)20-6-7-21-12(3)11(20)2/h8-9,11-12,19H,4-7,10H2,1-3H3. The second-order valence-corrected chi connectivity index (χ2v) is 7.08. The van der Waals surface area contributed by atoms with E-state index in [1.54, 1.807) is 0 Å². The number of anilines is 1. The fourth-order valence-corrected chi connectivity index (χ4v) is 3.75. The fraction of sp³-hybridized carbons (Fsp3) is 0.625. The summed E-state index contributed by atoms with van der Waals surface area (Å²) in [5.41, 5.74) is 0.795. The van der Waals surface area contributed by atoms with Crippen molar-refractivity contribution in [1.82, 2.24) is 5.32 Å². The molecule has 1 aromatic rings. The van der Waals surface area contributed by atoms with E-state index in [1.807, 2.05) is 23.6 Å². The van der Waals surface area contributed by atoms with Crippen LogP contribution in [0.5, 0.6) is 0 Å². The van der Waals surface area contributed by atoms with Crippen molar-refractivity contribution in [3.63, 3.8) is 0 Å². The molecule has 1 fully saturated rings. The Bertz CT molecular complexity index is 458. The molecule has 118 valence electrons. The third-order valence-corrected chi connectivity index (χ3v) is 5.34. The van der Waals surface area contributed by atoms with Crippen molar-refractivity contribution in [3.8, 4) is 0 Å². The molecule has 2 nitrogen and oxygen atoms in total. The fourth-order valence-electron chi connectivity index (χ4n) is 2.65. The lowest BCUT2D eigenvalue weighted by Gasteiger charge is -2.39. The number of hydrogen-bond donors (Lipinski definition) is 1. The maximum atomic E-state index is 14.4. The predicted molar refractivity (Wildman–Crippen MR) is 87.1 cm³/mol. The Morgan fingerprint density at radius 2 is 1.95 bits per heavy atom. The first-order valence-electron chi connectivity index (χ1n) is 7.61. The molecule has 0 bridgehead atoms. The van der Waals surface area contributed by atoms with Crippen molar-refractivity contribution in [2.45, 2.75) is 45.0 Å². The van der Waals surface area contributed by atoms with E-state index in [-0.39, 0.29) is 11.7 Å². The zero-order chi connectivity index (χ0) is 15.4. The number of benzene rings is 1. The van der Waals surface area contributed by atoms with Gasteiger partial charge in [-0.1, -0.05) is 13.8 Å². The second-order valence-electron chi connectivity index (χ2n) is 5.59. The normalized spacial score (nSPS) is 22.6. The van der Waals surface area contributed by atoms with E-state index in [4.69, 9.17) is 0 Å². The predicted octanol–water partition coefficient (Wildman–Crippen LogP) is 3.79. The van der Waals surface area contributed by atoms with Crippen molar-refractivity contribution in [2.24, 2.45) is 0 Å². The topological polar surface area (TPSA) is 15.3 Å². The van der Waals surface area contributed by atoms with Crippen LogP contribution in [0.4, 0.5) is 14.5 Å². The Labute approximate surface area is 130 Å². The summed E-state index contributed by atoms with van der Waals surface area (Å²) in [6, 6.07) is 3.05. The van der Waals surface area contributed by atoms with Crippen molar-refractivity contribution >= 4 is 17.4 Å². The lowest BCUT2D eigenvalue weighted by molar-refractivity contribution is 0.539. The Morgan fingerprint density at radius 3 is 2.57 bits per heavy atom. The smallest absolute Gasteiger partial charge is 0.149 e. The molecule has 0 aliphatic carbocycles. The number of rotatable bonds is 5. The monoisotopic (exact) mass is 314 g/mol. The summed E-state index contributed by atoms with van der Waals surface area (Å²) in [6.07, 6.45) is 1.00.